The molecule has 3 aromatic carbocycles. The predicted octanol–water partition coefficient (Wildman–Crippen LogP) is 7.08. The van der Waals surface area contributed by atoms with Gasteiger partial charge in [-0.1, -0.05) is 0 Å². The van der Waals surface area contributed by atoms with E-state index in [0.717, 1.165) is 30.6 Å². The number of anilines is 2. The van der Waals surface area contributed by atoms with Gasteiger partial charge in [0.2, 0.25) is 0 Å². The number of fused-ring (bicyclic) bond motifs is 1. The Kier molecular flexibility index (Phi) is 5.71. The number of alkyl halides is 6. The van der Waals surface area contributed by atoms with E-state index in [-0.39, 0.29) is 11.3 Å². The molecule has 170 valence electrons. The standard InChI is InChI=1S/C22H13F6N3O2/c23-21(24,25)13-1-10-18-19(11-13)29-12-30-20(18)31-14-2-4-15(5-3-14)32-16-6-8-17(9-7-16)33-22(26,27)28/h1-12H,(H,29,30,31). The van der Waals surface area contributed by atoms with Crippen molar-refractivity contribution in [2.75, 3.05) is 5.32 Å². The van der Waals surface area contributed by atoms with Gasteiger partial charge >= 0.3 is 12.5 Å². The monoisotopic (exact) mass is 465 g/mol. The molecule has 0 atom stereocenters. The van der Waals surface area contributed by atoms with E-state index in [1.807, 2.05) is 0 Å². The number of aromatic nitrogens is 2. The van der Waals surface area contributed by atoms with E-state index in [4.69, 9.17) is 4.74 Å². The average Bonchev–Trinajstić information content (AvgIpc) is 2.75. The minimum Gasteiger partial charge on any atom is -0.457 e. The van der Waals surface area contributed by atoms with E-state index < -0.39 is 18.1 Å². The molecule has 0 spiro atoms. The predicted molar refractivity (Wildman–Crippen MR) is 107 cm³/mol. The molecule has 0 fully saturated rings. The molecule has 1 heterocycles. The largest absolute Gasteiger partial charge is 0.573 e. The number of hydrogen-bond acceptors (Lipinski definition) is 5. The summed E-state index contributed by atoms with van der Waals surface area (Å²) in [7, 11) is 0. The summed E-state index contributed by atoms with van der Waals surface area (Å²) in [5.74, 6) is 0.663. The van der Waals surface area contributed by atoms with Crippen LogP contribution in [0, 0.1) is 0 Å². The number of benzene rings is 3. The van der Waals surface area contributed by atoms with Crippen molar-refractivity contribution < 1.29 is 35.8 Å². The molecule has 1 N–H and O–H groups in total. The summed E-state index contributed by atoms with van der Waals surface area (Å²) in [5, 5.41) is 3.42. The van der Waals surface area contributed by atoms with Crippen LogP contribution in [0.5, 0.6) is 17.2 Å². The number of nitrogens with zero attached hydrogens (tertiary/aromatic N) is 2. The van der Waals surface area contributed by atoms with Crippen LogP contribution in [-0.2, 0) is 6.18 Å². The fourth-order valence-corrected chi connectivity index (χ4v) is 2.92. The summed E-state index contributed by atoms with van der Waals surface area (Å²) in [6, 6.07) is 14.6. The highest BCUT2D eigenvalue weighted by molar-refractivity contribution is 5.91. The van der Waals surface area contributed by atoms with Gasteiger partial charge in [0.15, 0.2) is 0 Å². The van der Waals surface area contributed by atoms with Gasteiger partial charge in [-0.15, -0.1) is 13.2 Å². The molecule has 0 aliphatic rings. The third kappa shape index (κ3) is 5.62. The molecular formula is C22H13F6N3O2. The average molecular weight is 465 g/mol. The Morgan fingerprint density at radius 2 is 1.30 bits per heavy atom. The molecule has 0 aliphatic heterocycles. The fraction of sp³-hybridized carbons (Fsp3) is 0.0909. The fourth-order valence-electron chi connectivity index (χ4n) is 2.92. The number of halogens is 6. The van der Waals surface area contributed by atoms with Crippen LogP contribution in [0.3, 0.4) is 0 Å². The molecule has 1 aromatic heterocycles. The van der Waals surface area contributed by atoms with E-state index >= 15 is 0 Å². The van der Waals surface area contributed by atoms with Gasteiger partial charge in [-0.25, -0.2) is 9.97 Å². The first-order valence-electron chi connectivity index (χ1n) is 9.29. The summed E-state index contributed by atoms with van der Waals surface area (Å²) < 4.78 is 84.8. The second kappa shape index (κ2) is 8.49. The Morgan fingerprint density at radius 1 is 0.697 bits per heavy atom. The molecule has 0 amide bonds. The second-order valence-corrected chi connectivity index (χ2v) is 6.72. The molecule has 0 unspecified atom stereocenters. The lowest BCUT2D eigenvalue weighted by Gasteiger charge is -2.12. The van der Waals surface area contributed by atoms with E-state index in [9.17, 15) is 26.3 Å². The molecule has 5 nitrogen and oxygen atoms in total. The molecule has 0 saturated heterocycles. The van der Waals surface area contributed by atoms with Crippen LogP contribution >= 0.6 is 0 Å². The Balaban J connectivity index is 1.46. The van der Waals surface area contributed by atoms with Crippen molar-refractivity contribution in [3.8, 4) is 17.2 Å². The SMILES string of the molecule is FC(F)(F)Oc1ccc(Oc2ccc(Nc3ncnc4cc(C(F)(F)F)ccc34)cc2)cc1. The van der Waals surface area contributed by atoms with Gasteiger partial charge in [0.05, 0.1) is 11.1 Å². The van der Waals surface area contributed by atoms with E-state index in [2.05, 4.69) is 20.0 Å². The molecule has 11 heteroatoms. The van der Waals surface area contributed by atoms with Crippen LogP contribution in [0.25, 0.3) is 10.9 Å². The van der Waals surface area contributed by atoms with Crippen molar-refractivity contribution in [3.05, 3.63) is 78.6 Å². The Hall–Kier alpha value is -4.02. The maximum absolute atomic E-state index is 12.9. The molecule has 4 rings (SSSR count). The van der Waals surface area contributed by atoms with Gasteiger partial charge in [0.25, 0.3) is 0 Å². The van der Waals surface area contributed by atoms with Gasteiger partial charge in [-0.3, -0.25) is 0 Å². The molecule has 4 aromatic rings. The summed E-state index contributed by atoms with van der Waals surface area (Å²) >= 11 is 0. The molecule has 0 radical (unpaired) electrons. The van der Waals surface area contributed by atoms with Crippen LogP contribution < -0.4 is 14.8 Å². The van der Waals surface area contributed by atoms with Crippen LogP contribution in [0.4, 0.5) is 37.8 Å². The number of nitrogens with one attached hydrogen (secondary N) is 1. The molecule has 0 bridgehead atoms. The summed E-state index contributed by atoms with van der Waals surface area (Å²) in [6.07, 6.45) is -8.09. The first kappa shape index (κ1) is 22.2. The van der Waals surface area contributed by atoms with Gasteiger partial charge < -0.3 is 14.8 Å². The molecule has 33 heavy (non-hydrogen) atoms. The Labute approximate surface area is 182 Å². The van der Waals surface area contributed by atoms with Gasteiger partial charge in [-0.2, -0.15) is 13.2 Å². The minimum absolute atomic E-state index is 0.139. The van der Waals surface area contributed by atoms with E-state index in [0.29, 0.717) is 28.4 Å². The van der Waals surface area contributed by atoms with Crippen LogP contribution in [-0.4, -0.2) is 16.3 Å². The van der Waals surface area contributed by atoms with E-state index in [1.54, 1.807) is 24.3 Å². The molecule has 0 saturated carbocycles. The van der Waals surface area contributed by atoms with Crippen LogP contribution in [0.15, 0.2) is 73.1 Å². The Morgan fingerprint density at radius 3 is 1.91 bits per heavy atom. The third-order valence-electron chi connectivity index (χ3n) is 4.37. The van der Waals surface area contributed by atoms with Gasteiger partial charge in [-0.05, 0) is 66.7 Å². The quantitative estimate of drug-likeness (QED) is 0.319. The van der Waals surface area contributed by atoms with Crippen LogP contribution in [0.2, 0.25) is 0 Å². The maximum atomic E-state index is 12.9. The lowest BCUT2D eigenvalue weighted by molar-refractivity contribution is -0.274. The molecular weight excluding hydrogens is 452 g/mol. The molecule has 0 aliphatic carbocycles. The van der Waals surface area contributed by atoms with Crippen molar-refractivity contribution in [2.45, 2.75) is 12.5 Å². The Bertz CT molecular complexity index is 1260. The highest BCUT2D eigenvalue weighted by atomic mass is 19.4. The van der Waals surface area contributed by atoms with Crippen molar-refractivity contribution >= 4 is 22.4 Å². The summed E-state index contributed by atoms with van der Waals surface area (Å²) in [5.41, 5.74) is -0.0874. The summed E-state index contributed by atoms with van der Waals surface area (Å²) in [6.45, 7) is 0. The highest BCUT2D eigenvalue weighted by Gasteiger charge is 2.31. The maximum Gasteiger partial charge on any atom is 0.573 e. The van der Waals surface area contributed by atoms with Crippen molar-refractivity contribution in [3.63, 3.8) is 0 Å². The second-order valence-electron chi connectivity index (χ2n) is 6.72. The van der Waals surface area contributed by atoms with Crippen LogP contribution in [0.1, 0.15) is 5.56 Å². The number of ether oxygens (including phenoxy) is 2. The van der Waals surface area contributed by atoms with Gasteiger partial charge in [0, 0.05) is 11.1 Å². The van der Waals surface area contributed by atoms with E-state index in [1.165, 1.54) is 18.2 Å². The first-order valence-corrected chi connectivity index (χ1v) is 9.29. The lowest BCUT2D eigenvalue weighted by atomic mass is 10.1. The smallest absolute Gasteiger partial charge is 0.457 e. The van der Waals surface area contributed by atoms with Crippen molar-refractivity contribution in [1.29, 1.82) is 0 Å². The van der Waals surface area contributed by atoms with Crippen molar-refractivity contribution in [2.24, 2.45) is 0 Å². The first-order chi connectivity index (χ1) is 15.6. The zero-order chi connectivity index (χ0) is 23.6. The zero-order valence-corrected chi connectivity index (χ0v) is 16.4. The van der Waals surface area contributed by atoms with Gasteiger partial charge in [0.1, 0.15) is 29.4 Å². The van der Waals surface area contributed by atoms with Crippen molar-refractivity contribution in [1.82, 2.24) is 9.97 Å². The number of hydrogen-bond donors (Lipinski definition) is 1. The third-order valence-corrected chi connectivity index (χ3v) is 4.37. The highest BCUT2D eigenvalue weighted by Crippen LogP contribution is 2.33. The normalized spacial score (nSPS) is 11.9. The zero-order valence-electron chi connectivity index (χ0n) is 16.4. The lowest BCUT2D eigenvalue weighted by Crippen LogP contribution is -2.16. The number of rotatable bonds is 5. The minimum atomic E-state index is -4.78. The topological polar surface area (TPSA) is 56.3 Å². The summed E-state index contributed by atoms with van der Waals surface area (Å²) in [4.78, 5) is 7.99.